The number of ether oxygens (including phenoxy) is 4. The van der Waals surface area contributed by atoms with Gasteiger partial charge in [0.1, 0.15) is 28.4 Å². The SMILES string of the molecule is CCOC(=O)c1c(-c2ccc(OC)cc2)oc2ccc(O[C@@H](C)C(=O)OCC)cc12. The Morgan fingerprint density at radius 3 is 2.27 bits per heavy atom. The molecule has 0 spiro atoms. The summed E-state index contributed by atoms with van der Waals surface area (Å²) in [6.07, 6.45) is -0.790. The van der Waals surface area contributed by atoms with E-state index in [1.54, 1.807) is 70.3 Å². The molecule has 0 unspecified atom stereocenters. The molecule has 0 fully saturated rings. The zero-order valence-electron chi connectivity index (χ0n) is 17.4. The zero-order valence-corrected chi connectivity index (χ0v) is 17.4. The number of hydrogen-bond donors (Lipinski definition) is 0. The van der Waals surface area contributed by atoms with Crippen molar-refractivity contribution in [2.24, 2.45) is 0 Å². The van der Waals surface area contributed by atoms with Crippen LogP contribution < -0.4 is 9.47 Å². The second-order valence-corrected chi connectivity index (χ2v) is 6.43. The van der Waals surface area contributed by atoms with E-state index in [1.165, 1.54) is 0 Å². The molecule has 0 saturated heterocycles. The number of fused-ring (bicyclic) bond motifs is 1. The first-order chi connectivity index (χ1) is 14.5. The van der Waals surface area contributed by atoms with Crippen molar-refractivity contribution in [3.63, 3.8) is 0 Å². The molecular formula is C23H24O7. The average Bonchev–Trinajstić information content (AvgIpc) is 3.13. The van der Waals surface area contributed by atoms with Gasteiger partial charge in [0.15, 0.2) is 6.10 Å². The van der Waals surface area contributed by atoms with Crippen molar-refractivity contribution in [1.82, 2.24) is 0 Å². The maximum absolute atomic E-state index is 12.7. The molecule has 0 N–H and O–H groups in total. The fourth-order valence-electron chi connectivity index (χ4n) is 3.01. The summed E-state index contributed by atoms with van der Waals surface area (Å²) in [5.41, 5.74) is 1.50. The zero-order chi connectivity index (χ0) is 21.7. The van der Waals surface area contributed by atoms with Gasteiger partial charge in [0.25, 0.3) is 0 Å². The molecule has 3 aromatic rings. The molecule has 0 aliphatic carbocycles. The van der Waals surface area contributed by atoms with E-state index in [0.29, 0.717) is 39.4 Å². The predicted molar refractivity (Wildman–Crippen MR) is 111 cm³/mol. The fraction of sp³-hybridized carbons (Fsp3) is 0.304. The summed E-state index contributed by atoms with van der Waals surface area (Å²) in [5, 5.41) is 0.535. The molecule has 3 rings (SSSR count). The third-order valence-electron chi connectivity index (χ3n) is 4.42. The van der Waals surface area contributed by atoms with Crippen LogP contribution in [0.1, 0.15) is 31.1 Å². The van der Waals surface area contributed by atoms with Crippen molar-refractivity contribution >= 4 is 22.9 Å². The normalized spacial score (nSPS) is 11.7. The molecule has 1 heterocycles. The predicted octanol–water partition coefficient (Wildman–Crippen LogP) is 4.62. The van der Waals surface area contributed by atoms with E-state index in [0.717, 1.165) is 0 Å². The second-order valence-electron chi connectivity index (χ2n) is 6.43. The summed E-state index contributed by atoms with van der Waals surface area (Å²) < 4.78 is 27.1. The molecule has 7 heteroatoms. The van der Waals surface area contributed by atoms with Crippen LogP contribution in [0.4, 0.5) is 0 Å². The number of carbonyl (C=O) groups excluding carboxylic acids is 2. The third-order valence-corrected chi connectivity index (χ3v) is 4.42. The van der Waals surface area contributed by atoms with E-state index in [1.807, 2.05) is 0 Å². The topological polar surface area (TPSA) is 84.2 Å². The van der Waals surface area contributed by atoms with Crippen LogP contribution in [0.25, 0.3) is 22.3 Å². The molecule has 0 amide bonds. The quantitative estimate of drug-likeness (QED) is 0.499. The minimum absolute atomic E-state index is 0.226. The first-order valence-corrected chi connectivity index (χ1v) is 9.69. The maximum atomic E-state index is 12.7. The van der Waals surface area contributed by atoms with Crippen LogP contribution in [0.5, 0.6) is 11.5 Å². The Kier molecular flexibility index (Phi) is 6.61. The lowest BCUT2D eigenvalue weighted by Gasteiger charge is -2.13. The molecule has 158 valence electrons. The Balaban J connectivity index is 2.05. The Bertz CT molecular complexity index is 1030. The lowest BCUT2D eigenvalue weighted by Crippen LogP contribution is -2.26. The number of furan rings is 1. The molecule has 2 aromatic carbocycles. The molecule has 7 nitrogen and oxygen atoms in total. The van der Waals surface area contributed by atoms with Crippen molar-refractivity contribution in [1.29, 1.82) is 0 Å². The monoisotopic (exact) mass is 412 g/mol. The van der Waals surface area contributed by atoms with Crippen LogP contribution in [-0.2, 0) is 14.3 Å². The van der Waals surface area contributed by atoms with Gasteiger partial charge in [-0.3, -0.25) is 0 Å². The van der Waals surface area contributed by atoms with Gasteiger partial charge in [-0.1, -0.05) is 0 Å². The van der Waals surface area contributed by atoms with E-state index in [-0.39, 0.29) is 13.2 Å². The van der Waals surface area contributed by atoms with Gasteiger partial charge < -0.3 is 23.4 Å². The maximum Gasteiger partial charge on any atom is 0.347 e. The van der Waals surface area contributed by atoms with Crippen LogP contribution in [0.2, 0.25) is 0 Å². The number of methoxy groups -OCH3 is 1. The smallest absolute Gasteiger partial charge is 0.347 e. The molecule has 0 aliphatic rings. The molecule has 0 aliphatic heterocycles. The summed E-state index contributed by atoms with van der Waals surface area (Å²) in [7, 11) is 1.58. The summed E-state index contributed by atoms with van der Waals surface area (Å²) >= 11 is 0. The molecule has 1 aromatic heterocycles. The fourth-order valence-corrected chi connectivity index (χ4v) is 3.01. The first kappa shape index (κ1) is 21.2. The Hall–Kier alpha value is -3.48. The highest BCUT2D eigenvalue weighted by molar-refractivity contribution is 6.09. The van der Waals surface area contributed by atoms with Gasteiger partial charge in [-0.15, -0.1) is 0 Å². The van der Waals surface area contributed by atoms with E-state index in [9.17, 15) is 9.59 Å². The Morgan fingerprint density at radius 1 is 0.967 bits per heavy atom. The van der Waals surface area contributed by atoms with Gasteiger partial charge in [0.2, 0.25) is 0 Å². The Labute approximate surface area is 174 Å². The van der Waals surface area contributed by atoms with Crippen molar-refractivity contribution in [2.75, 3.05) is 20.3 Å². The first-order valence-electron chi connectivity index (χ1n) is 9.69. The third kappa shape index (κ3) is 4.40. The Morgan fingerprint density at radius 2 is 1.63 bits per heavy atom. The molecule has 1 atom stereocenters. The van der Waals surface area contributed by atoms with Gasteiger partial charge in [0, 0.05) is 10.9 Å². The number of benzene rings is 2. The number of carbonyl (C=O) groups is 2. The van der Waals surface area contributed by atoms with Crippen LogP contribution in [-0.4, -0.2) is 38.4 Å². The van der Waals surface area contributed by atoms with Crippen molar-refractivity contribution in [3.8, 4) is 22.8 Å². The molecule has 0 saturated carbocycles. The van der Waals surface area contributed by atoms with Gasteiger partial charge >= 0.3 is 11.9 Å². The van der Waals surface area contributed by atoms with Gasteiger partial charge in [-0.05, 0) is 63.2 Å². The van der Waals surface area contributed by atoms with Crippen LogP contribution >= 0.6 is 0 Å². The van der Waals surface area contributed by atoms with Crippen molar-refractivity contribution in [2.45, 2.75) is 26.9 Å². The van der Waals surface area contributed by atoms with Crippen molar-refractivity contribution < 1.29 is 33.0 Å². The van der Waals surface area contributed by atoms with Crippen LogP contribution in [0.15, 0.2) is 46.9 Å². The minimum atomic E-state index is -0.790. The van der Waals surface area contributed by atoms with E-state index in [4.69, 9.17) is 23.4 Å². The lowest BCUT2D eigenvalue weighted by molar-refractivity contribution is -0.150. The molecule has 0 radical (unpaired) electrons. The average molecular weight is 412 g/mol. The summed E-state index contributed by atoms with van der Waals surface area (Å²) in [5.74, 6) is 0.528. The molecule has 30 heavy (non-hydrogen) atoms. The number of hydrogen-bond acceptors (Lipinski definition) is 7. The lowest BCUT2D eigenvalue weighted by atomic mass is 10.1. The highest BCUT2D eigenvalue weighted by Gasteiger charge is 2.24. The second kappa shape index (κ2) is 9.35. The summed E-state index contributed by atoms with van der Waals surface area (Å²) in [6, 6.07) is 12.2. The highest BCUT2D eigenvalue weighted by Crippen LogP contribution is 2.36. The largest absolute Gasteiger partial charge is 0.497 e. The highest BCUT2D eigenvalue weighted by atomic mass is 16.6. The minimum Gasteiger partial charge on any atom is -0.497 e. The van der Waals surface area contributed by atoms with E-state index in [2.05, 4.69) is 0 Å². The summed E-state index contributed by atoms with van der Waals surface area (Å²) in [6.45, 7) is 5.57. The number of esters is 2. The van der Waals surface area contributed by atoms with Gasteiger partial charge in [-0.2, -0.15) is 0 Å². The molecule has 0 bridgehead atoms. The standard InChI is InChI=1S/C23H24O7/c1-5-27-22(24)14(3)29-17-11-12-19-18(13-17)20(23(25)28-6-2)21(30-19)15-7-9-16(26-4)10-8-15/h7-14H,5-6H2,1-4H3/t14-/m0/s1. The van der Waals surface area contributed by atoms with Crippen LogP contribution in [0.3, 0.4) is 0 Å². The van der Waals surface area contributed by atoms with E-state index < -0.39 is 18.0 Å². The molecular weight excluding hydrogens is 388 g/mol. The number of rotatable bonds is 8. The van der Waals surface area contributed by atoms with Gasteiger partial charge in [-0.25, -0.2) is 9.59 Å². The summed E-state index contributed by atoms with van der Waals surface area (Å²) in [4.78, 5) is 24.6. The van der Waals surface area contributed by atoms with Crippen LogP contribution in [0, 0.1) is 0 Å². The van der Waals surface area contributed by atoms with E-state index >= 15 is 0 Å². The van der Waals surface area contributed by atoms with Gasteiger partial charge in [0.05, 0.1) is 20.3 Å². The van der Waals surface area contributed by atoms with Crippen molar-refractivity contribution in [3.05, 3.63) is 48.0 Å².